The summed E-state index contributed by atoms with van der Waals surface area (Å²) in [6, 6.07) is 23.1. The lowest BCUT2D eigenvalue weighted by Gasteiger charge is -2.06. The van der Waals surface area contributed by atoms with Crippen molar-refractivity contribution in [1.29, 1.82) is 0 Å². The van der Waals surface area contributed by atoms with Crippen LogP contribution in [0.3, 0.4) is 0 Å². The van der Waals surface area contributed by atoms with Gasteiger partial charge in [0.2, 0.25) is 5.89 Å². The van der Waals surface area contributed by atoms with E-state index in [9.17, 15) is 4.79 Å². The Morgan fingerprint density at radius 2 is 1.58 bits per heavy atom. The molecule has 0 radical (unpaired) electrons. The molecule has 0 aliphatic heterocycles. The largest absolute Gasteiger partial charge is 0.494 e. The standard InChI is InChI=1S/C22H17NO3/c1-2-25-18-12-13-19-20(14-18)26-22(23-21(19)24)17-10-8-16(9-11-17)15-6-4-3-5-7-15/h3-14H,2H2,1H3. The third-order valence-corrected chi connectivity index (χ3v) is 4.14. The third kappa shape index (κ3) is 3.09. The van der Waals surface area contributed by atoms with Crippen molar-refractivity contribution in [3.8, 4) is 28.3 Å². The van der Waals surface area contributed by atoms with E-state index in [0.717, 1.165) is 16.7 Å². The molecule has 26 heavy (non-hydrogen) atoms. The van der Waals surface area contributed by atoms with E-state index >= 15 is 0 Å². The van der Waals surface area contributed by atoms with Crippen LogP contribution in [-0.4, -0.2) is 11.6 Å². The molecule has 0 spiro atoms. The van der Waals surface area contributed by atoms with Gasteiger partial charge in [-0.2, -0.15) is 4.98 Å². The number of nitrogens with zero attached hydrogens (tertiary/aromatic N) is 1. The van der Waals surface area contributed by atoms with Crippen molar-refractivity contribution in [2.24, 2.45) is 0 Å². The summed E-state index contributed by atoms with van der Waals surface area (Å²) in [5.41, 5.74) is 3.14. The molecule has 1 heterocycles. The predicted molar refractivity (Wildman–Crippen MR) is 102 cm³/mol. The highest BCUT2D eigenvalue weighted by Crippen LogP contribution is 2.26. The zero-order valence-corrected chi connectivity index (χ0v) is 14.3. The topological polar surface area (TPSA) is 52.3 Å². The second kappa shape index (κ2) is 6.84. The first-order valence-corrected chi connectivity index (χ1v) is 8.48. The number of ether oxygens (including phenoxy) is 1. The van der Waals surface area contributed by atoms with Gasteiger partial charge < -0.3 is 9.15 Å². The fourth-order valence-corrected chi connectivity index (χ4v) is 2.86. The van der Waals surface area contributed by atoms with Crippen molar-refractivity contribution in [2.75, 3.05) is 6.61 Å². The molecule has 0 amide bonds. The average Bonchev–Trinajstić information content (AvgIpc) is 2.69. The first kappa shape index (κ1) is 16.1. The highest BCUT2D eigenvalue weighted by Gasteiger charge is 2.10. The molecule has 0 aliphatic carbocycles. The fourth-order valence-electron chi connectivity index (χ4n) is 2.86. The zero-order chi connectivity index (χ0) is 17.9. The van der Waals surface area contributed by atoms with E-state index in [0.29, 0.717) is 29.2 Å². The van der Waals surface area contributed by atoms with Crippen LogP contribution in [0.2, 0.25) is 0 Å². The van der Waals surface area contributed by atoms with Crippen LogP contribution in [0.1, 0.15) is 6.92 Å². The highest BCUT2D eigenvalue weighted by molar-refractivity contribution is 5.78. The SMILES string of the molecule is CCOc1ccc2c(=O)nc(-c3ccc(-c4ccccc4)cc3)oc2c1. The molecule has 0 saturated heterocycles. The van der Waals surface area contributed by atoms with E-state index in [2.05, 4.69) is 17.1 Å². The summed E-state index contributed by atoms with van der Waals surface area (Å²) in [6.07, 6.45) is 0. The van der Waals surface area contributed by atoms with Gasteiger partial charge in [0.05, 0.1) is 12.0 Å². The van der Waals surface area contributed by atoms with E-state index in [1.807, 2.05) is 49.4 Å². The van der Waals surface area contributed by atoms with E-state index in [-0.39, 0.29) is 5.56 Å². The smallest absolute Gasteiger partial charge is 0.284 e. The van der Waals surface area contributed by atoms with Gasteiger partial charge in [0, 0.05) is 11.6 Å². The van der Waals surface area contributed by atoms with Gasteiger partial charge in [0.25, 0.3) is 5.56 Å². The third-order valence-electron chi connectivity index (χ3n) is 4.14. The molecule has 0 saturated carbocycles. The number of hydrogen-bond donors (Lipinski definition) is 0. The summed E-state index contributed by atoms with van der Waals surface area (Å²) in [7, 11) is 0. The zero-order valence-electron chi connectivity index (χ0n) is 14.3. The number of hydrogen-bond acceptors (Lipinski definition) is 4. The van der Waals surface area contributed by atoms with Crippen LogP contribution in [0.15, 0.2) is 82.0 Å². The van der Waals surface area contributed by atoms with Gasteiger partial charge in [-0.15, -0.1) is 0 Å². The Bertz CT molecular complexity index is 1100. The van der Waals surface area contributed by atoms with Gasteiger partial charge in [0.1, 0.15) is 11.3 Å². The van der Waals surface area contributed by atoms with E-state index < -0.39 is 0 Å². The Kier molecular flexibility index (Phi) is 4.23. The molecule has 128 valence electrons. The summed E-state index contributed by atoms with van der Waals surface area (Å²) < 4.78 is 11.4. The van der Waals surface area contributed by atoms with Gasteiger partial charge in [-0.3, -0.25) is 4.79 Å². The number of rotatable bonds is 4. The Balaban J connectivity index is 1.75. The molecule has 1 aromatic heterocycles. The van der Waals surface area contributed by atoms with Crippen LogP contribution < -0.4 is 10.3 Å². The summed E-state index contributed by atoms with van der Waals surface area (Å²) in [5.74, 6) is 0.968. The summed E-state index contributed by atoms with van der Waals surface area (Å²) in [4.78, 5) is 16.4. The van der Waals surface area contributed by atoms with Crippen molar-refractivity contribution in [3.63, 3.8) is 0 Å². The second-order valence-electron chi connectivity index (χ2n) is 5.86. The highest BCUT2D eigenvalue weighted by atomic mass is 16.5. The van der Waals surface area contributed by atoms with E-state index in [1.165, 1.54) is 0 Å². The van der Waals surface area contributed by atoms with Gasteiger partial charge in [-0.25, -0.2) is 0 Å². The van der Waals surface area contributed by atoms with Crippen LogP contribution >= 0.6 is 0 Å². The van der Waals surface area contributed by atoms with E-state index in [4.69, 9.17) is 9.15 Å². The second-order valence-corrected chi connectivity index (χ2v) is 5.86. The van der Waals surface area contributed by atoms with Crippen LogP contribution in [0.4, 0.5) is 0 Å². The quantitative estimate of drug-likeness (QED) is 0.528. The number of aromatic nitrogens is 1. The Morgan fingerprint density at radius 3 is 2.31 bits per heavy atom. The van der Waals surface area contributed by atoms with Gasteiger partial charge >= 0.3 is 0 Å². The number of fused-ring (bicyclic) bond motifs is 1. The predicted octanol–water partition coefficient (Wildman–Crippen LogP) is 4.92. The van der Waals surface area contributed by atoms with Crippen LogP contribution in [0.25, 0.3) is 33.6 Å². The average molecular weight is 343 g/mol. The first-order valence-electron chi connectivity index (χ1n) is 8.48. The minimum atomic E-state index is -0.309. The van der Waals surface area contributed by atoms with Gasteiger partial charge in [-0.1, -0.05) is 42.5 Å². The minimum Gasteiger partial charge on any atom is -0.494 e. The van der Waals surface area contributed by atoms with Crippen molar-refractivity contribution in [2.45, 2.75) is 6.92 Å². The summed E-state index contributed by atoms with van der Waals surface area (Å²) in [6.45, 7) is 2.46. The van der Waals surface area contributed by atoms with Crippen molar-refractivity contribution < 1.29 is 9.15 Å². The molecule has 4 heteroatoms. The summed E-state index contributed by atoms with van der Waals surface area (Å²) >= 11 is 0. The minimum absolute atomic E-state index is 0.302. The lowest BCUT2D eigenvalue weighted by atomic mass is 10.0. The monoisotopic (exact) mass is 343 g/mol. The molecule has 3 aromatic carbocycles. The Morgan fingerprint density at radius 1 is 0.885 bits per heavy atom. The normalized spacial score (nSPS) is 10.8. The van der Waals surface area contributed by atoms with Crippen molar-refractivity contribution in [1.82, 2.24) is 4.98 Å². The molecule has 0 N–H and O–H groups in total. The van der Waals surface area contributed by atoms with Crippen LogP contribution in [0.5, 0.6) is 5.75 Å². The molecular weight excluding hydrogens is 326 g/mol. The molecule has 4 aromatic rings. The van der Waals surface area contributed by atoms with Crippen molar-refractivity contribution >= 4 is 11.0 Å². The molecule has 0 aliphatic rings. The van der Waals surface area contributed by atoms with Gasteiger partial charge in [-0.05, 0) is 42.3 Å². The molecule has 0 atom stereocenters. The summed E-state index contributed by atoms with van der Waals surface area (Å²) in [5, 5.41) is 0.443. The lowest BCUT2D eigenvalue weighted by molar-refractivity contribution is 0.340. The van der Waals surface area contributed by atoms with Crippen molar-refractivity contribution in [3.05, 3.63) is 83.2 Å². The van der Waals surface area contributed by atoms with Crippen LogP contribution in [-0.2, 0) is 0 Å². The molecule has 0 bridgehead atoms. The van der Waals surface area contributed by atoms with Gasteiger partial charge in [0.15, 0.2) is 0 Å². The molecular formula is C22H17NO3. The molecule has 4 nitrogen and oxygen atoms in total. The maximum absolute atomic E-state index is 12.3. The maximum atomic E-state index is 12.3. The first-order chi connectivity index (χ1) is 12.7. The lowest BCUT2D eigenvalue weighted by Crippen LogP contribution is -2.07. The molecule has 0 fully saturated rings. The van der Waals surface area contributed by atoms with E-state index in [1.54, 1.807) is 18.2 Å². The van der Waals surface area contributed by atoms with Crippen LogP contribution in [0, 0.1) is 0 Å². The molecule has 4 rings (SSSR count). The Labute approximate surface area is 150 Å². The fraction of sp³-hybridized carbons (Fsp3) is 0.0909. The maximum Gasteiger partial charge on any atom is 0.284 e. The molecule has 0 unspecified atom stereocenters. The number of benzene rings is 3. The Hall–Kier alpha value is -3.40.